The van der Waals surface area contributed by atoms with Crippen LogP contribution < -0.4 is 20.1 Å². The van der Waals surface area contributed by atoms with Crippen LogP contribution in [0.5, 0.6) is 11.5 Å². The van der Waals surface area contributed by atoms with E-state index < -0.39 is 0 Å². The van der Waals surface area contributed by atoms with E-state index in [9.17, 15) is 4.79 Å². The van der Waals surface area contributed by atoms with E-state index in [1.807, 2.05) is 25.1 Å². The number of ether oxygens (including phenoxy) is 2. The maximum absolute atomic E-state index is 11.8. The van der Waals surface area contributed by atoms with Gasteiger partial charge >= 0.3 is 6.03 Å². The van der Waals surface area contributed by atoms with Crippen molar-refractivity contribution in [1.29, 1.82) is 0 Å². The molecule has 1 aromatic carbocycles. The van der Waals surface area contributed by atoms with E-state index in [4.69, 9.17) is 14.6 Å². The zero-order valence-corrected chi connectivity index (χ0v) is 13.3. The Balaban J connectivity index is 1.89. The third-order valence-corrected chi connectivity index (χ3v) is 3.77. The highest BCUT2D eigenvalue weighted by Gasteiger charge is 2.24. The average Bonchev–Trinajstić information content (AvgIpc) is 2.98. The van der Waals surface area contributed by atoms with Crippen LogP contribution in [0, 0.1) is 5.92 Å². The summed E-state index contributed by atoms with van der Waals surface area (Å²) in [7, 11) is 0. The van der Waals surface area contributed by atoms with Gasteiger partial charge in [-0.05, 0) is 23.6 Å². The van der Waals surface area contributed by atoms with Crippen molar-refractivity contribution in [3.8, 4) is 11.5 Å². The molecule has 0 aliphatic carbocycles. The Kier molecular flexibility index (Phi) is 5.13. The number of carbonyl (C=O) groups excluding carboxylic acids is 1. The Bertz CT molecular complexity index is 531. The zero-order chi connectivity index (χ0) is 16.2. The molecule has 3 N–H and O–H groups in total. The molecule has 22 heavy (non-hydrogen) atoms. The molecule has 2 rings (SSSR count). The topological polar surface area (TPSA) is 79.8 Å². The molecule has 0 saturated heterocycles. The van der Waals surface area contributed by atoms with E-state index in [-0.39, 0.29) is 30.8 Å². The average molecular weight is 308 g/mol. The summed E-state index contributed by atoms with van der Waals surface area (Å²) in [5, 5.41) is 14.5. The molecule has 1 unspecified atom stereocenters. The highest BCUT2D eigenvalue weighted by Crippen LogP contribution is 2.36. The van der Waals surface area contributed by atoms with Gasteiger partial charge in [0.2, 0.25) is 6.79 Å². The normalized spacial score (nSPS) is 14.5. The molecule has 0 bridgehead atoms. The fraction of sp³-hybridized carbons (Fsp3) is 0.562. The van der Waals surface area contributed by atoms with Crippen LogP contribution in [0.25, 0.3) is 0 Å². The van der Waals surface area contributed by atoms with Crippen molar-refractivity contribution in [1.82, 2.24) is 10.6 Å². The number of hydrogen-bond donors (Lipinski definition) is 3. The van der Waals surface area contributed by atoms with Gasteiger partial charge in [0.15, 0.2) is 11.5 Å². The Hall–Kier alpha value is -1.95. The number of rotatable bonds is 6. The molecule has 6 heteroatoms. The second-order valence-electron chi connectivity index (χ2n) is 6.30. The van der Waals surface area contributed by atoms with Crippen LogP contribution in [-0.2, 0) is 5.41 Å². The molecule has 122 valence electrons. The standard InChI is InChI=1S/C16H24N2O4/c1-11(8-19)7-17-15(20)18-9-16(2,3)12-4-5-13-14(6-12)22-10-21-13/h4-6,11,19H,7-10H2,1-3H3,(H2,17,18,20). The number of aliphatic hydroxyl groups excluding tert-OH is 1. The Morgan fingerprint density at radius 1 is 1.32 bits per heavy atom. The number of nitrogens with one attached hydrogen (secondary N) is 2. The van der Waals surface area contributed by atoms with Crippen LogP contribution in [0.2, 0.25) is 0 Å². The van der Waals surface area contributed by atoms with E-state index in [1.165, 1.54) is 0 Å². The summed E-state index contributed by atoms with van der Waals surface area (Å²) in [6, 6.07) is 5.60. The number of benzene rings is 1. The first kappa shape index (κ1) is 16.4. The lowest BCUT2D eigenvalue weighted by Gasteiger charge is -2.26. The third kappa shape index (κ3) is 4.04. The SMILES string of the molecule is CC(CO)CNC(=O)NCC(C)(C)c1ccc2c(c1)OCO2. The van der Waals surface area contributed by atoms with Gasteiger partial charge in [-0.2, -0.15) is 0 Å². The first-order chi connectivity index (χ1) is 10.4. The largest absolute Gasteiger partial charge is 0.454 e. The molecule has 1 atom stereocenters. The molecule has 2 amide bonds. The van der Waals surface area contributed by atoms with Gasteiger partial charge in [0, 0.05) is 25.1 Å². The summed E-state index contributed by atoms with van der Waals surface area (Å²) in [5.74, 6) is 1.54. The minimum absolute atomic E-state index is 0.0487. The molecular weight excluding hydrogens is 284 g/mol. The number of fused-ring (bicyclic) bond motifs is 1. The second-order valence-corrected chi connectivity index (χ2v) is 6.30. The number of amides is 2. The summed E-state index contributed by atoms with van der Waals surface area (Å²) >= 11 is 0. The lowest BCUT2D eigenvalue weighted by atomic mass is 9.84. The van der Waals surface area contributed by atoms with Gasteiger partial charge in [0.05, 0.1) is 0 Å². The summed E-state index contributed by atoms with van der Waals surface area (Å²) in [6.45, 7) is 7.24. The van der Waals surface area contributed by atoms with E-state index in [0.717, 1.165) is 17.1 Å². The maximum Gasteiger partial charge on any atom is 0.314 e. The van der Waals surface area contributed by atoms with Crippen molar-refractivity contribution >= 4 is 6.03 Å². The predicted molar refractivity (Wildman–Crippen MR) is 83.2 cm³/mol. The minimum Gasteiger partial charge on any atom is -0.454 e. The van der Waals surface area contributed by atoms with E-state index >= 15 is 0 Å². The van der Waals surface area contributed by atoms with Crippen LogP contribution in [0.1, 0.15) is 26.3 Å². The summed E-state index contributed by atoms with van der Waals surface area (Å²) < 4.78 is 10.7. The van der Waals surface area contributed by atoms with Gasteiger partial charge in [0.25, 0.3) is 0 Å². The van der Waals surface area contributed by atoms with Crippen LogP contribution in [0.4, 0.5) is 4.79 Å². The summed E-state index contributed by atoms with van der Waals surface area (Å²) in [5.41, 5.74) is 0.835. The molecule has 0 radical (unpaired) electrons. The fourth-order valence-electron chi connectivity index (χ4n) is 2.11. The molecule has 1 aliphatic heterocycles. The molecule has 0 saturated carbocycles. The Labute approximate surface area is 130 Å². The number of aliphatic hydroxyl groups is 1. The third-order valence-electron chi connectivity index (χ3n) is 3.77. The van der Waals surface area contributed by atoms with E-state index in [1.54, 1.807) is 0 Å². The Morgan fingerprint density at radius 2 is 2.05 bits per heavy atom. The van der Waals surface area contributed by atoms with Crippen LogP contribution in [-0.4, -0.2) is 37.6 Å². The molecule has 1 aliphatic rings. The van der Waals surface area contributed by atoms with Crippen molar-refractivity contribution in [2.45, 2.75) is 26.2 Å². The van der Waals surface area contributed by atoms with Crippen LogP contribution in [0.3, 0.4) is 0 Å². The molecule has 6 nitrogen and oxygen atoms in total. The molecule has 0 fully saturated rings. The molecule has 0 spiro atoms. The Morgan fingerprint density at radius 3 is 2.77 bits per heavy atom. The van der Waals surface area contributed by atoms with Crippen LogP contribution in [0.15, 0.2) is 18.2 Å². The summed E-state index contributed by atoms with van der Waals surface area (Å²) in [4.78, 5) is 11.8. The minimum atomic E-state index is -0.235. The van der Waals surface area contributed by atoms with Gasteiger partial charge in [0.1, 0.15) is 0 Å². The summed E-state index contributed by atoms with van der Waals surface area (Å²) in [6.07, 6.45) is 0. The van der Waals surface area contributed by atoms with Crippen molar-refractivity contribution in [2.24, 2.45) is 5.92 Å². The van der Waals surface area contributed by atoms with Crippen LogP contribution >= 0.6 is 0 Å². The zero-order valence-electron chi connectivity index (χ0n) is 13.3. The van der Waals surface area contributed by atoms with E-state index in [0.29, 0.717) is 13.1 Å². The lowest BCUT2D eigenvalue weighted by Crippen LogP contribution is -2.43. The van der Waals surface area contributed by atoms with Crippen molar-refractivity contribution < 1.29 is 19.4 Å². The van der Waals surface area contributed by atoms with Crippen molar-refractivity contribution in [3.63, 3.8) is 0 Å². The fourth-order valence-corrected chi connectivity index (χ4v) is 2.11. The van der Waals surface area contributed by atoms with Gasteiger partial charge in [-0.3, -0.25) is 0 Å². The number of urea groups is 1. The molecule has 1 aromatic rings. The smallest absolute Gasteiger partial charge is 0.314 e. The van der Waals surface area contributed by atoms with Gasteiger partial charge in [-0.25, -0.2) is 4.79 Å². The van der Waals surface area contributed by atoms with Gasteiger partial charge in [-0.1, -0.05) is 26.8 Å². The molecular formula is C16H24N2O4. The van der Waals surface area contributed by atoms with Crippen molar-refractivity contribution in [2.75, 3.05) is 26.5 Å². The second kappa shape index (κ2) is 6.87. The highest BCUT2D eigenvalue weighted by molar-refractivity contribution is 5.74. The quantitative estimate of drug-likeness (QED) is 0.746. The van der Waals surface area contributed by atoms with E-state index in [2.05, 4.69) is 24.5 Å². The van der Waals surface area contributed by atoms with Crippen molar-refractivity contribution in [3.05, 3.63) is 23.8 Å². The lowest BCUT2D eigenvalue weighted by molar-refractivity contribution is 0.174. The highest BCUT2D eigenvalue weighted by atomic mass is 16.7. The monoisotopic (exact) mass is 308 g/mol. The number of carbonyl (C=O) groups is 1. The molecule has 0 aromatic heterocycles. The first-order valence-electron chi connectivity index (χ1n) is 7.45. The first-order valence-corrected chi connectivity index (χ1v) is 7.45. The maximum atomic E-state index is 11.8. The van der Waals surface area contributed by atoms with Gasteiger partial charge < -0.3 is 25.2 Å². The van der Waals surface area contributed by atoms with Gasteiger partial charge in [-0.15, -0.1) is 0 Å². The predicted octanol–water partition coefficient (Wildman–Crippen LogP) is 1.62. The molecule has 1 heterocycles. The number of hydrogen-bond acceptors (Lipinski definition) is 4.